The third kappa shape index (κ3) is 3.65. The molecule has 0 amide bonds. The summed E-state index contributed by atoms with van der Waals surface area (Å²) in [6, 6.07) is 7.70. The van der Waals surface area contributed by atoms with Crippen LogP contribution < -0.4 is 11.1 Å². The number of benzene rings is 1. The zero-order valence-corrected chi connectivity index (χ0v) is 12.4. The Morgan fingerprint density at radius 3 is 2.84 bits per heavy atom. The maximum atomic E-state index is 5.76. The van der Waals surface area contributed by atoms with Gasteiger partial charge in [-0.1, -0.05) is 22.0 Å². The molecule has 2 aromatic rings. The maximum absolute atomic E-state index is 5.76. The molecular formula is C13H15BrN4O. The second-order valence-electron chi connectivity index (χ2n) is 4.11. The van der Waals surface area contributed by atoms with Crippen LogP contribution in [0, 0.1) is 6.92 Å². The standard InChI is InChI=1S/C13H15BrN4O/c1-8-3-4-9(14)5-10(8)16-12-6-11(15)17-13(18-12)7-19-2/h3-6H,7H2,1-2H3,(H3,15,16,17,18). The average molecular weight is 323 g/mol. The molecule has 1 aromatic carbocycles. The summed E-state index contributed by atoms with van der Waals surface area (Å²) in [6.07, 6.45) is 0. The van der Waals surface area contributed by atoms with Gasteiger partial charge in [-0.05, 0) is 24.6 Å². The Hall–Kier alpha value is -1.66. The van der Waals surface area contributed by atoms with Gasteiger partial charge >= 0.3 is 0 Å². The zero-order chi connectivity index (χ0) is 13.8. The fourth-order valence-electron chi connectivity index (χ4n) is 1.64. The Kier molecular flexibility index (Phi) is 4.34. The summed E-state index contributed by atoms with van der Waals surface area (Å²) in [6.45, 7) is 2.35. The van der Waals surface area contributed by atoms with Crippen molar-refractivity contribution in [3.63, 3.8) is 0 Å². The van der Waals surface area contributed by atoms with Crippen molar-refractivity contribution in [1.82, 2.24) is 9.97 Å². The molecule has 0 saturated heterocycles. The van der Waals surface area contributed by atoms with E-state index >= 15 is 0 Å². The molecule has 0 spiro atoms. The topological polar surface area (TPSA) is 73.1 Å². The third-order valence-corrected chi connectivity index (χ3v) is 3.02. The van der Waals surface area contributed by atoms with Gasteiger partial charge < -0.3 is 15.8 Å². The van der Waals surface area contributed by atoms with Crippen LogP contribution in [0.4, 0.5) is 17.3 Å². The van der Waals surface area contributed by atoms with E-state index in [0.29, 0.717) is 24.1 Å². The number of nitrogens with one attached hydrogen (secondary N) is 1. The fourth-order valence-corrected chi connectivity index (χ4v) is 2.00. The first-order valence-corrected chi connectivity index (χ1v) is 6.53. The largest absolute Gasteiger partial charge is 0.384 e. The number of hydrogen-bond donors (Lipinski definition) is 2. The predicted molar refractivity (Wildman–Crippen MR) is 79.3 cm³/mol. The van der Waals surface area contributed by atoms with Crippen molar-refractivity contribution in [2.75, 3.05) is 18.2 Å². The summed E-state index contributed by atoms with van der Waals surface area (Å²) in [4.78, 5) is 8.44. The van der Waals surface area contributed by atoms with Gasteiger partial charge in [0.15, 0.2) is 5.82 Å². The number of anilines is 3. The number of ether oxygens (including phenoxy) is 1. The Morgan fingerprint density at radius 2 is 2.11 bits per heavy atom. The van der Waals surface area contributed by atoms with Crippen LogP contribution in [0.2, 0.25) is 0 Å². The minimum atomic E-state index is 0.331. The van der Waals surface area contributed by atoms with E-state index in [1.54, 1.807) is 13.2 Å². The van der Waals surface area contributed by atoms with E-state index in [4.69, 9.17) is 10.5 Å². The van der Waals surface area contributed by atoms with E-state index in [1.807, 2.05) is 25.1 Å². The third-order valence-electron chi connectivity index (χ3n) is 2.53. The minimum Gasteiger partial charge on any atom is -0.384 e. The number of nitrogens with zero attached hydrogens (tertiary/aromatic N) is 2. The van der Waals surface area contributed by atoms with Gasteiger partial charge in [0.05, 0.1) is 0 Å². The summed E-state index contributed by atoms with van der Waals surface area (Å²) in [7, 11) is 1.60. The van der Waals surface area contributed by atoms with Gasteiger partial charge in [0.2, 0.25) is 0 Å². The molecule has 0 atom stereocenters. The molecule has 1 heterocycles. The van der Waals surface area contributed by atoms with Gasteiger partial charge in [-0.3, -0.25) is 0 Å². The van der Waals surface area contributed by atoms with Gasteiger partial charge in [0.1, 0.15) is 18.2 Å². The van der Waals surface area contributed by atoms with Gasteiger partial charge in [-0.25, -0.2) is 9.97 Å². The monoisotopic (exact) mass is 322 g/mol. The molecule has 0 fully saturated rings. The molecule has 0 aliphatic carbocycles. The van der Waals surface area contributed by atoms with Crippen LogP contribution in [0.25, 0.3) is 0 Å². The van der Waals surface area contributed by atoms with Crippen LogP contribution in [-0.4, -0.2) is 17.1 Å². The molecule has 3 N–H and O–H groups in total. The number of nitrogens with two attached hydrogens (primary N) is 1. The van der Waals surface area contributed by atoms with Crippen molar-refractivity contribution < 1.29 is 4.74 Å². The summed E-state index contributed by atoms with van der Waals surface area (Å²) in [5.41, 5.74) is 7.84. The average Bonchev–Trinajstić information content (AvgIpc) is 2.33. The molecule has 6 heteroatoms. The van der Waals surface area contributed by atoms with E-state index in [0.717, 1.165) is 15.7 Å². The lowest BCUT2D eigenvalue weighted by atomic mass is 10.2. The predicted octanol–water partition coefficient (Wildman–Crippen LogP) is 3.02. The fraction of sp³-hybridized carbons (Fsp3) is 0.231. The van der Waals surface area contributed by atoms with Crippen LogP contribution >= 0.6 is 15.9 Å². The molecule has 100 valence electrons. The quantitative estimate of drug-likeness (QED) is 0.905. The first-order valence-electron chi connectivity index (χ1n) is 5.74. The Bertz CT molecular complexity index is 589. The molecule has 0 aliphatic rings. The number of nitrogen functional groups attached to an aromatic ring is 1. The number of methoxy groups -OCH3 is 1. The first kappa shape index (κ1) is 13.8. The molecule has 19 heavy (non-hydrogen) atoms. The molecule has 1 aromatic heterocycles. The lowest BCUT2D eigenvalue weighted by molar-refractivity contribution is 0.178. The number of aryl methyl sites for hydroxylation is 1. The molecule has 5 nitrogen and oxygen atoms in total. The number of halogens is 1. The Morgan fingerprint density at radius 1 is 1.32 bits per heavy atom. The van der Waals surface area contributed by atoms with Crippen molar-refractivity contribution >= 4 is 33.3 Å². The molecule has 0 saturated carbocycles. The van der Waals surface area contributed by atoms with Crippen molar-refractivity contribution in [2.45, 2.75) is 13.5 Å². The highest BCUT2D eigenvalue weighted by Gasteiger charge is 2.05. The van der Waals surface area contributed by atoms with Crippen molar-refractivity contribution in [3.8, 4) is 0 Å². The van der Waals surface area contributed by atoms with Crippen molar-refractivity contribution in [1.29, 1.82) is 0 Å². The lowest BCUT2D eigenvalue weighted by Crippen LogP contribution is -2.05. The summed E-state index contributed by atoms with van der Waals surface area (Å²) in [5.74, 6) is 1.62. The molecule has 0 aliphatic heterocycles. The lowest BCUT2D eigenvalue weighted by Gasteiger charge is -2.11. The summed E-state index contributed by atoms with van der Waals surface area (Å²) >= 11 is 3.45. The van der Waals surface area contributed by atoms with Crippen LogP contribution in [0.1, 0.15) is 11.4 Å². The highest BCUT2D eigenvalue weighted by molar-refractivity contribution is 9.10. The van der Waals surface area contributed by atoms with E-state index in [-0.39, 0.29) is 0 Å². The molecule has 0 radical (unpaired) electrons. The van der Waals surface area contributed by atoms with Crippen LogP contribution in [-0.2, 0) is 11.3 Å². The molecule has 0 bridgehead atoms. The van der Waals surface area contributed by atoms with E-state index in [2.05, 4.69) is 31.2 Å². The van der Waals surface area contributed by atoms with E-state index < -0.39 is 0 Å². The maximum Gasteiger partial charge on any atom is 0.158 e. The van der Waals surface area contributed by atoms with Gasteiger partial charge in [-0.2, -0.15) is 0 Å². The van der Waals surface area contributed by atoms with Gasteiger partial charge in [0.25, 0.3) is 0 Å². The zero-order valence-electron chi connectivity index (χ0n) is 10.8. The molecule has 2 rings (SSSR count). The van der Waals surface area contributed by atoms with E-state index in [1.165, 1.54) is 0 Å². The smallest absolute Gasteiger partial charge is 0.158 e. The van der Waals surface area contributed by atoms with Gasteiger partial charge in [0, 0.05) is 23.3 Å². The Balaban J connectivity index is 2.29. The summed E-state index contributed by atoms with van der Waals surface area (Å²) in [5, 5.41) is 3.24. The number of hydrogen-bond acceptors (Lipinski definition) is 5. The Labute approximate surface area is 120 Å². The minimum absolute atomic E-state index is 0.331. The van der Waals surface area contributed by atoms with Crippen molar-refractivity contribution in [3.05, 3.63) is 40.1 Å². The summed E-state index contributed by atoms with van der Waals surface area (Å²) < 4.78 is 6.01. The first-order chi connectivity index (χ1) is 9.08. The molecule has 0 unspecified atom stereocenters. The number of rotatable bonds is 4. The van der Waals surface area contributed by atoms with Crippen molar-refractivity contribution in [2.24, 2.45) is 0 Å². The SMILES string of the molecule is COCc1nc(N)cc(Nc2cc(Br)ccc2C)n1. The van der Waals surface area contributed by atoms with E-state index in [9.17, 15) is 0 Å². The molecular weight excluding hydrogens is 308 g/mol. The number of aromatic nitrogens is 2. The highest BCUT2D eigenvalue weighted by Crippen LogP contribution is 2.24. The van der Waals surface area contributed by atoms with Crippen LogP contribution in [0.15, 0.2) is 28.7 Å². The second-order valence-corrected chi connectivity index (χ2v) is 5.03. The normalized spacial score (nSPS) is 10.5. The van der Waals surface area contributed by atoms with Crippen LogP contribution in [0.3, 0.4) is 0 Å². The van der Waals surface area contributed by atoms with Crippen LogP contribution in [0.5, 0.6) is 0 Å². The van der Waals surface area contributed by atoms with Gasteiger partial charge in [-0.15, -0.1) is 0 Å². The highest BCUT2D eigenvalue weighted by atomic mass is 79.9. The second kappa shape index (κ2) is 5.99.